The van der Waals surface area contributed by atoms with E-state index in [1.165, 1.54) is 17.0 Å². The first kappa shape index (κ1) is 14.2. The fourth-order valence-corrected chi connectivity index (χ4v) is 1.66. The molecule has 0 atom stereocenters. The number of carboxylic acids is 1. The average Bonchev–Trinajstić information content (AvgIpc) is 2.26. The van der Waals surface area contributed by atoms with Crippen molar-refractivity contribution in [2.24, 2.45) is 5.92 Å². The molecule has 1 N–H and O–H groups in total. The highest BCUT2D eigenvalue weighted by Gasteiger charge is 2.18. The van der Waals surface area contributed by atoms with Crippen molar-refractivity contribution in [2.45, 2.75) is 13.8 Å². The number of carbonyl (C=O) groups is 2. The quantitative estimate of drug-likeness (QED) is 0.895. The van der Waals surface area contributed by atoms with Crippen molar-refractivity contribution in [1.82, 2.24) is 4.90 Å². The van der Waals surface area contributed by atoms with E-state index < -0.39 is 17.7 Å². The lowest BCUT2D eigenvalue weighted by atomic mass is 10.1. The minimum Gasteiger partial charge on any atom is -0.478 e. The Bertz CT molecular complexity index is 471. The zero-order valence-corrected chi connectivity index (χ0v) is 10.6. The maximum absolute atomic E-state index is 13.6. The zero-order chi connectivity index (χ0) is 13.9. The van der Waals surface area contributed by atoms with Gasteiger partial charge in [0.25, 0.3) is 5.91 Å². The van der Waals surface area contributed by atoms with Crippen LogP contribution < -0.4 is 0 Å². The minimum absolute atomic E-state index is 0.108. The monoisotopic (exact) mass is 253 g/mol. The number of carbonyl (C=O) groups excluding carboxylic acids is 1. The minimum atomic E-state index is -1.22. The van der Waals surface area contributed by atoms with Gasteiger partial charge in [-0.3, -0.25) is 4.79 Å². The highest BCUT2D eigenvalue weighted by atomic mass is 19.1. The summed E-state index contributed by atoms with van der Waals surface area (Å²) in [7, 11) is 1.59. The van der Waals surface area contributed by atoms with Crippen LogP contribution in [-0.4, -0.2) is 35.5 Å². The summed E-state index contributed by atoms with van der Waals surface area (Å²) in [5.41, 5.74) is -0.279. The highest BCUT2D eigenvalue weighted by molar-refractivity contribution is 5.96. The molecule has 1 amide bonds. The van der Waals surface area contributed by atoms with E-state index in [1.54, 1.807) is 7.05 Å². The number of aromatic carboxylic acids is 1. The third-order valence-corrected chi connectivity index (χ3v) is 2.43. The second kappa shape index (κ2) is 5.62. The Morgan fingerprint density at radius 1 is 1.39 bits per heavy atom. The molecule has 1 aromatic carbocycles. The Morgan fingerprint density at radius 2 is 2.00 bits per heavy atom. The SMILES string of the molecule is CC(C)CN(C)C(=O)c1ccc(C(=O)O)cc1F. The maximum atomic E-state index is 13.6. The Balaban J connectivity index is 2.96. The number of halogens is 1. The van der Waals surface area contributed by atoms with Crippen LogP contribution in [0.25, 0.3) is 0 Å². The van der Waals surface area contributed by atoms with E-state index in [2.05, 4.69) is 0 Å². The summed E-state index contributed by atoms with van der Waals surface area (Å²) in [4.78, 5) is 24.0. The van der Waals surface area contributed by atoms with Gasteiger partial charge in [-0.05, 0) is 24.1 Å². The summed E-state index contributed by atoms with van der Waals surface area (Å²) in [6, 6.07) is 3.29. The number of carboxylic acid groups (broad SMARTS) is 1. The molecule has 5 heteroatoms. The first-order valence-corrected chi connectivity index (χ1v) is 5.61. The molecule has 0 spiro atoms. The van der Waals surface area contributed by atoms with Gasteiger partial charge in [0.1, 0.15) is 5.82 Å². The third kappa shape index (κ3) is 3.29. The average molecular weight is 253 g/mol. The fraction of sp³-hybridized carbons (Fsp3) is 0.385. The third-order valence-electron chi connectivity index (χ3n) is 2.43. The molecule has 98 valence electrons. The van der Waals surface area contributed by atoms with Gasteiger partial charge in [-0.25, -0.2) is 9.18 Å². The summed E-state index contributed by atoms with van der Waals surface area (Å²) >= 11 is 0. The molecule has 0 aliphatic carbocycles. The van der Waals surface area contributed by atoms with Crippen molar-refractivity contribution < 1.29 is 19.1 Å². The van der Waals surface area contributed by atoms with Crippen LogP contribution in [0.2, 0.25) is 0 Å². The molecule has 0 fully saturated rings. The van der Waals surface area contributed by atoms with Crippen molar-refractivity contribution in [3.05, 3.63) is 35.1 Å². The first-order chi connectivity index (χ1) is 8.32. The molecule has 0 radical (unpaired) electrons. The van der Waals surface area contributed by atoms with Gasteiger partial charge in [-0.15, -0.1) is 0 Å². The number of nitrogens with zero attached hydrogens (tertiary/aromatic N) is 1. The molecule has 0 saturated carbocycles. The molecular formula is C13H16FNO3. The molecule has 18 heavy (non-hydrogen) atoms. The number of hydrogen-bond acceptors (Lipinski definition) is 2. The number of benzene rings is 1. The lowest BCUT2D eigenvalue weighted by Gasteiger charge is -2.19. The number of amides is 1. The molecular weight excluding hydrogens is 237 g/mol. The Kier molecular flexibility index (Phi) is 4.42. The van der Waals surface area contributed by atoms with Gasteiger partial charge in [0.15, 0.2) is 0 Å². The van der Waals surface area contributed by atoms with E-state index in [4.69, 9.17) is 5.11 Å². The van der Waals surface area contributed by atoms with E-state index in [0.29, 0.717) is 6.54 Å². The summed E-state index contributed by atoms with van der Waals surface area (Å²) < 4.78 is 13.6. The lowest BCUT2D eigenvalue weighted by Crippen LogP contribution is -2.31. The van der Waals surface area contributed by atoms with Crippen LogP contribution in [0.5, 0.6) is 0 Å². The van der Waals surface area contributed by atoms with Gasteiger partial charge >= 0.3 is 5.97 Å². The van der Waals surface area contributed by atoms with Crippen LogP contribution in [0.1, 0.15) is 34.6 Å². The van der Waals surface area contributed by atoms with Crippen LogP contribution in [0, 0.1) is 11.7 Å². The lowest BCUT2D eigenvalue weighted by molar-refractivity contribution is 0.0693. The molecule has 0 unspecified atom stereocenters. The predicted octanol–water partition coefficient (Wildman–Crippen LogP) is 2.25. The largest absolute Gasteiger partial charge is 0.478 e. The van der Waals surface area contributed by atoms with Gasteiger partial charge in [-0.2, -0.15) is 0 Å². The molecule has 0 bridgehead atoms. The maximum Gasteiger partial charge on any atom is 0.335 e. The molecule has 4 nitrogen and oxygen atoms in total. The highest BCUT2D eigenvalue weighted by Crippen LogP contribution is 2.13. The van der Waals surface area contributed by atoms with Gasteiger partial charge in [-0.1, -0.05) is 13.8 Å². The molecule has 0 saturated heterocycles. The van der Waals surface area contributed by atoms with Crippen molar-refractivity contribution in [2.75, 3.05) is 13.6 Å². The van der Waals surface area contributed by atoms with E-state index in [-0.39, 0.29) is 17.0 Å². The van der Waals surface area contributed by atoms with Crippen LogP contribution in [-0.2, 0) is 0 Å². The van der Waals surface area contributed by atoms with Crippen molar-refractivity contribution >= 4 is 11.9 Å². The number of hydrogen-bond donors (Lipinski definition) is 1. The Labute approximate surface area is 105 Å². The molecule has 0 heterocycles. The van der Waals surface area contributed by atoms with Crippen molar-refractivity contribution in [1.29, 1.82) is 0 Å². The molecule has 1 aromatic rings. The Hall–Kier alpha value is -1.91. The molecule has 0 aliphatic heterocycles. The standard InChI is InChI=1S/C13H16FNO3/c1-8(2)7-15(3)12(16)10-5-4-9(13(17)18)6-11(10)14/h4-6,8H,7H2,1-3H3,(H,17,18). The first-order valence-electron chi connectivity index (χ1n) is 5.61. The van der Waals surface area contributed by atoms with Crippen molar-refractivity contribution in [3.8, 4) is 0 Å². The van der Waals surface area contributed by atoms with Gasteiger partial charge < -0.3 is 10.0 Å². The van der Waals surface area contributed by atoms with Crippen molar-refractivity contribution in [3.63, 3.8) is 0 Å². The molecule has 1 rings (SSSR count). The van der Waals surface area contributed by atoms with E-state index >= 15 is 0 Å². The van der Waals surface area contributed by atoms with Gasteiger partial charge in [0, 0.05) is 13.6 Å². The van der Waals surface area contributed by atoms with Gasteiger partial charge in [0.05, 0.1) is 11.1 Å². The second-order valence-corrected chi connectivity index (χ2v) is 4.58. The fourth-order valence-electron chi connectivity index (χ4n) is 1.66. The van der Waals surface area contributed by atoms with Crippen LogP contribution in [0.3, 0.4) is 0 Å². The van der Waals surface area contributed by atoms with Gasteiger partial charge in [0.2, 0.25) is 0 Å². The van der Waals surface area contributed by atoms with E-state index in [1.807, 2.05) is 13.8 Å². The molecule has 0 aromatic heterocycles. The van der Waals surface area contributed by atoms with E-state index in [9.17, 15) is 14.0 Å². The summed E-state index contributed by atoms with van der Waals surface area (Å²) in [6.45, 7) is 4.42. The summed E-state index contributed by atoms with van der Waals surface area (Å²) in [5, 5.41) is 8.70. The molecule has 0 aliphatic rings. The summed E-state index contributed by atoms with van der Waals surface area (Å²) in [5.74, 6) is -2.20. The van der Waals surface area contributed by atoms with Crippen LogP contribution in [0.4, 0.5) is 4.39 Å². The topological polar surface area (TPSA) is 57.6 Å². The zero-order valence-electron chi connectivity index (χ0n) is 10.6. The smallest absolute Gasteiger partial charge is 0.335 e. The van der Waals surface area contributed by atoms with E-state index in [0.717, 1.165) is 6.07 Å². The second-order valence-electron chi connectivity index (χ2n) is 4.58. The predicted molar refractivity (Wildman–Crippen MR) is 65.2 cm³/mol. The van der Waals surface area contributed by atoms with Crippen LogP contribution >= 0.6 is 0 Å². The van der Waals surface area contributed by atoms with Crippen LogP contribution in [0.15, 0.2) is 18.2 Å². The Morgan fingerprint density at radius 3 is 2.44 bits per heavy atom. The number of rotatable bonds is 4. The normalized spacial score (nSPS) is 10.5. The summed E-state index contributed by atoms with van der Waals surface area (Å²) in [6.07, 6.45) is 0.